The Morgan fingerprint density at radius 1 is 1.30 bits per heavy atom. The molecular weight excluding hydrogens is 382 g/mol. The summed E-state index contributed by atoms with van der Waals surface area (Å²) in [6, 6.07) is 11.5. The number of amides is 1. The van der Waals surface area contributed by atoms with Crippen LogP contribution in [-0.2, 0) is 0 Å². The third kappa shape index (κ3) is 4.35. The van der Waals surface area contributed by atoms with Crippen molar-refractivity contribution >= 4 is 28.8 Å². The molecule has 3 rings (SSSR count). The van der Waals surface area contributed by atoms with E-state index in [9.17, 15) is 4.79 Å². The monoisotopic (exact) mass is 403 g/mol. The van der Waals surface area contributed by atoms with Gasteiger partial charge in [0, 0.05) is 29.9 Å². The lowest BCUT2D eigenvalue weighted by molar-refractivity contribution is 0.0939. The van der Waals surface area contributed by atoms with Crippen molar-refractivity contribution in [1.29, 1.82) is 0 Å². The van der Waals surface area contributed by atoms with Crippen LogP contribution in [0.25, 0.3) is 5.69 Å². The molecule has 1 atom stereocenters. The maximum Gasteiger partial charge on any atom is 0.255 e. The molecule has 2 heterocycles. The Morgan fingerprint density at radius 3 is 2.63 bits per heavy atom. The number of carbonyl (C=O) groups is 1. The standard InChI is InChI=1S/C20H22ClN3O2S/c1-23(2)17(19-7-6-10-27-19)13-22-20(25)14-11-15(21)16(12-18(14)26-3)24-8-4-5-9-24/h4-12,17H,13H2,1-3H3,(H,22,25). The Labute approximate surface area is 168 Å². The predicted molar refractivity (Wildman–Crippen MR) is 110 cm³/mol. The normalized spacial score (nSPS) is 12.2. The van der Waals surface area contributed by atoms with Gasteiger partial charge in [0.2, 0.25) is 0 Å². The van der Waals surface area contributed by atoms with E-state index < -0.39 is 0 Å². The second-order valence-electron chi connectivity index (χ2n) is 6.30. The van der Waals surface area contributed by atoms with Crippen molar-refractivity contribution < 1.29 is 9.53 Å². The number of nitrogens with one attached hydrogen (secondary N) is 1. The molecule has 0 bridgehead atoms. The van der Waals surface area contributed by atoms with Gasteiger partial charge in [-0.1, -0.05) is 17.7 Å². The lowest BCUT2D eigenvalue weighted by Crippen LogP contribution is -2.34. The van der Waals surface area contributed by atoms with Crippen molar-refractivity contribution in [2.45, 2.75) is 6.04 Å². The number of methoxy groups -OCH3 is 1. The third-order valence-corrected chi connectivity index (χ3v) is 5.62. The number of hydrogen-bond donors (Lipinski definition) is 1. The van der Waals surface area contributed by atoms with Gasteiger partial charge in [0.05, 0.1) is 29.4 Å². The summed E-state index contributed by atoms with van der Waals surface area (Å²) in [5, 5.41) is 5.53. The second kappa shape index (κ2) is 8.61. The first-order chi connectivity index (χ1) is 13.0. The van der Waals surface area contributed by atoms with Gasteiger partial charge in [-0.15, -0.1) is 11.3 Å². The lowest BCUT2D eigenvalue weighted by Gasteiger charge is -2.24. The average Bonchev–Trinajstić information content (AvgIpc) is 3.35. The van der Waals surface area contributed by atoms with Gasteiger partial charge < -0.3 is 19.5 Å². The molecule has 0 fully saturated rings. The summed E-state index contributed by atoms with van der Waals surface area (Å²) in [7, 11) is 5.55. The van der Waals surface area contributed by atoms with E-state index in [1.54, 1.807) is 30.6 Å². The number of hydrogen-bond acceptors (Lipinski definition) is 4. The van der Waals surface area contributed by atoms with Crippen LogP contribution >= 0.6 is 22.9 Å². The van der Waals surface area contributed by atoms with Gasteiger partial charge in [-0.3, -0.25) is 4.79 Å². The van der Waals surface area contributed by atoms with Gasteiger partial charge in [-0.25, -0.2) is 0 Å². The molecule has 27 heavy (non-hydrogen) atoms. The van der Waals surface area contributed by atoms with E-state index in [2.05, 4.69) is 16.3 Å². The van der Waals surface area contributed by atoms with Gasteiger partial charge >= 0.3 is 0 Å². The van der Waals surface area contributed by atoms with Gasteiger partial charge in [0.15, 0.2) is 0 Å². The Kier molecular flexibility index (Phi) is 6.21. The molecule has 0 aliphatic heterocycles. The fourth-order valence-corrected chi connectivity index (χ4v) is 4.07. The zero-order valence-electron chi connectivity index (χ0n) is 15.5. The van der Waals surface area contributed by atoms with Crippen LogP contribution in [0.1, 0.15) is 21.3 Å². The Bertz CT molecular complexity index is 892. The van der Waals surface area contributed by atoms with Gasteiger partial charge in [-0.05, 0) is 43.7 Å². The summed E-state index contributed by atoms with van der Waals surface area (Å²) in [5.74, 6) is 0.273. The predicted octanol–water partition coefficient (Wildman–Crippen LogP) is 4.23. The molecule has 0 saturated carbocycles. The van der Waals surface area contributed by atoms with Crippen molar-refractivity contribution in [2.75, 3.05) is 27.7 Å². The molecule has 1 unspecified atom stereocenters. The maximum atomic E-state index is 12.8. The highest BCUT2D eigenvalue weighted by Gasteiger charge is 2.20. The van der Waals surface area contributed by atoms with Crippen LogP contribution in [0.4, 0.5) is 0 Å². The van der Waals surface area contributed by atoms with Crippen molar-refractivity contribution in [2.24, 2.45) is 0 Å². The van der Waals surface area contributed by atoms with Gasteiger partial charge in [-0.2, -0.15) is 0 Å². The van der Waals surface area contributed by atoms with Gasteiger partial charge in [0.1, 0.15) is 5.75 Å². The SMILES string of the molecule is COc1cc(-n2cccc2)c(Cl)cc1C(=O)NCC(c1cccs1)N(C)C. The van der Waals surface area contributed by atoms with Crippen molar-refractivity contribution in [1.82, 2.24) is 14.8 Å². The lowest BCUT2D eigenvalue weighted by atomic mass is 10.1. The molecule has 1 aromatic carbocycles. The fourth-order valence-electron chi connectivity index (χ4n) is 2.89. The summed E-state index contributed by atoms with van der Waals surface area (Å²) in [6.45, 7) is 0.493. The summed E-state index contributed by atoms with van der Waals surface area (Å²) < 4.78 is 7.33. The van der Waals surface area contributed by atoms with E-state index in [1.165, 1.54) is 4.88 Å². The fraction of sp³-hybridized carbons (Fsp3) is 0.250. The topological polar surface area (TPSA) is 46.5 Å². The average molecular weight is 404 g/mol. The summed E-state index contributed by atoms with van der Waals surface area (Å²) in [5.41, 5.74) is 1.18. The smallest absolute Gasteiger partial charge is 0.255 e. The molecular formula is C20H22ClN3O2S. The maximum absolute atomic E-state index is 12.8. The van der Waals surface area contributed by atoms with Crippen LogP contribution in [0.15, 0.2) is 54.2 Å². The summed E-state index contributed by atoms with van der Waals surface area (Å²) in [4.78, 5) is 16.1. The minimum absolute atomic E-state index is 0.106. The number of carbonyl (C=O) groups excluding carboxylic acids is 1. The first kappa shape index (κ1) is 19.5. The largest absolute Gasteiger partial charge is 0.496 e. The van der Waals surface area contributed by atoms with Crippen molar-refractivity contribution in [3.63, 3.8) is 0 Å². The van der Waals surface area contributed by atoms with E-state index in [0.29, 0.717) is 22.9 Å². The number of nitrogens with zero attached hydrogens (tertiary/aromatic N) is 2. The molecule has 5 nitrogen and oxygen atoms in total. The van der Waals surface area contributed by atoms with Crippen LogP contribution < -0.4 is 10.1 Å². The van der Waals surface area contributed by atoms with E-state index in [0.717, 1.165) is 5.69 Å². The Balaban J connectivity index is 1.81. The number of ether oxygens (including phenoxy) is 1. The molecule has 0 saturated heterocycles. The highest BCUT2D eigenvalue weighted by Crippen LogP contribution is 2.30. The summed E-state index contributed by atoms with van der Waals surface area (Å²) >= 11 is 8.10. The first-order valence-corrected chi connectivity index (χ1v) is 9.76. The second-order valence-corrected chi connectivity index (χ2v) is 7.69. The van der Waals surface area contributed by atoms with E-state index in [1.807, 2.05) is 54.6 Å². The first-order valence-electron chi connectivity index (χ1n) is 8.50. The zero-order valence-corrected chi connectivity index (χ0v) is 17.1. The minimum atomic E-state index is -0.212. The van der Waals surface area contributed by atoms with E-state index in [-0.39, 0.29) is 11.9 Å². The highest BCUT2D eigenvalue weighted by molar-refractivity contribution is 7.10. The van der Waals surface area contributed by atoms with Crippen molar-refractivity contribution in [3.8, 4) is 11.4 Å². The number of thiophene rings is 1. The molecule has 3 aromatic rings. The van der Waals surface area contributed by atoms with E-state index >= 15 is 0 Å². The molecule has 1 amide bonds. The van der Waals surface area contributed by atoms with Crippen LogP contribution in [0, 0.1) is 0 Å². The van der Waals surface area contributed by atoms with Crippen LogP contribution in [0.3, 0.4) is 0 Å². The third-order valence-electron chi connectivity index (χ3n) is 4.35. The summed E-state index contributed by atoms with van der Waals surface area (Å²) in [6.07, 6.45) is 3.78. The van der Waals surface area contributed by atoms with Crippen molar-refractivity contribution in [3.05, 3.63) is 69.6 Å². The molecule has 0 radical (unpaired) electrons. The number of aromatic nitrogens is 1. The quantitative estimate of drug-likeness (QED) is 0.642. The Morgan fingerprint density at radius 2 is 2.04 bits per heavy atom. The molecule has 0 aliphatic carbocycles. The number of halogens is 1. The molecule has 7 heteroatoms. The van der Waals surface area contributed by atoms with Crippen LogP contribution in [-0.4, -0.2) is 43.1 Å². The Hall–Kier alpha value is -2.28. The molecule has 142 valence electrons. The molecule has 0 aliphatic rings. The van der Waals surface area contributed by atoms with Crippen LogP contribution in [0.5, 0.6) is 5.75 Å². The molecule has 0 spiro atoms. The number of benzene rings is 1. The zero-order chi connectivity index (χ0) is 19.4. The van der Waals surface area contributed by atoms with E-state index in [4.69, 9.17) is 16.3 Å². The van der Waals surface area contributed by atoms with Crippen LogP contribution in [0.2, 0.25) is 5.02 Å². The number of likely N-dealkylation sites (N-methyl/N-ethyl adjacent to an activating group) is 1. The molecule has 1 N–H and O–H groups in total. The minimum Gasteiger partial charge on any atom is -0.496 e. The number of rotatable bonds is 7. The van der Waals surface area contributed by atoms with Gasteiger partial charge in [0.25, 0.3) is 5.91 Å². The molecule has 2 aromatic heterocycles. The highest BCUT2D eigenvalue weighted by atomic mass is 35.5.